The summed E-state index contributed by atoms with van der Waals surface area (Å²) in [7, 11) is 0. The van der Waals surface area contributed by atoms with E-state index in [1.54, 1.807) is 12.1 Å². The van der Waals surface area contributed by atoms with Crippen molar-refractivity contribution < 1.29 is 13.6 Å². The normalized spacial score (nSPS) is 10.9. The summed E-state index contributed by atoms with van der Waals surface area (Å²) in [5.74, 6) is 1.08. The fourth-order valence-electron chi connectivity index (χ4n) is 1.96. The minimum atomic E-state index is 0.210. The van der Waals surface area contributed by atoms with Gasteiger partial charge in [0.25, 0.3) is 0 Å². The molecule has 4 rings (SSSR count). The molecule has 2 aromatic carbocycles. The molecule has 2 aromatic heterocycles. The van der Waals surface area contributed by atoms with Crippen molar-refractivity contribution in [2.24, 2.45) is 0 Å². The van der Waals surface area contributed by atoms with Crippen LogP contribution in [0.5, 0.6) is 11.8 Å². The molecule has 21 heavy (non-hydrogen) atoms. The van der Waals surface area contributed by atoms with E-state index in [0.29, 0.717) is 17.2 Å². The van der Waals surface area contributed by atoms with E-state index in [9.17, 15) is 0 Å². The van der Waals surface area contributed by atoms with Crippen LogP contribution in [0.25, 0.3) is 22.6 Å². The van der Waals surface area contributed by atoms with Crippen LogP contribution in [0.1, 0.15) is 0 Å². The average Bonchev–Trinajstić information content (AvgIpc) is 3.17. The van der Waals surface area contributed by atoms with Crippen LogP contribution >= 0.6 is 0 Å². The smallest absolute Gasteiger partial charge is 0.400 e. The molecule has 0 aliphatic rings. The van der Waals surface area contributed by atoms with Gasteiger partial charge in [0, 0.05) is 5.56 Å². The molecular formula is C15H9N3O3. The molecule has 0 amide bonds. The molecule has 0 saturated heterocycles. The fraction of sp³-hybridized carbons (Fsp3) is 0. The molecule has 0 fully saturated rings. The summed E-state index contributed by atoms with van der Waals surface area (Å²) in [6.45, 7) is 0. The van der Waals surface area contributed by atoms with Crippen LogP contribution in [-0.4, -0.2) is 15.2 Å². The van der Waals surface area contributed by atoms with Crippen LogP contribution in [0.3, 0.4) is 0 Å². The largest absolute Gasteiger partial charge is 0.423 e. The SMILES string of the molecule is c1ccc2oc(Oc3ccc(-c4nnco4)cc3)nc2c1. The Morgan fingerprint density at radius 3 is 2.57 bits per heavy atom. The zero-order chi connectivity index (χ0) is 14.1. The number of hydrogen-bond acceptors (Lipinski definition) is 6. The van der Waals surface area contributed by atoms with E-state index in [4.69, 9.17) is 13.6 Å². The molecule has 0 spiro atoms. The molecule has 0 bridgehead atoms. The van der Waals surface area contributed by atoms with Gasteiger partial charge >= 0.3 is 6.08 Å². The number of benzene rings is 2. The Kier molecular flexibility index (Phi) is 2.64. The lowest BCUT2D eigenvalue weighted by molar-refractivity contribution is 0.343. The Labute approximate surface area is 119 Å². The highest BCUT2D eigenvalue weighted by molar-refractivity contribution is 5.72. The number of oxazole rings is 1. The Hall–Kier alpha value is -3.15. The summed E-state index contributed by atoms with van der Waals surface area (Å²) in [5, 5.41) is 7.48. The second-order valence-electron chi connectivity index (χ2n) is 4.32. The second kappa shape index (κ2) is 4.75. The fourth-order valence-corrected chi connectivity index (χ4v) is 1.96. The number of nitrogens with zero attached hydrogens (tertiary/aromatic N) is 3. The van der Waals surface area contributed by atoms with Crippen molar-refractivity contribution in [3.05, 3.63) is 54.9 Å². The summed E-state index contributed by atoms with van der Waals surface area (Å²) >= 11 is 0. The summed E-state index contributed by atoms with van der Waals surface area (Å²) in [4.78, 5) is 4.25. The lowest BCUT2D eigenvalue weighted by atomic mass is 10.2. The molecule has 0 N–H and O–H groups in total. The molecule has 6 heteroatoms. The molecule has 0 atom stereocenters. The molecular weight excluding hydrogens is 270 g/mol. The van der Waals surface area contributed by atoms with Crippen molar-refractivity contribution in [2.45, 2.75) is 0 Å². The Morgan fingerprint density at radius 1 is 0.952 bits per heavy atom. The third-order valence-corrected chi connectivity index (χ3v) is 2.94. The summed E-state index contributed by atoms with van der Waals surface area (Å²) < 4.78 is 16.2. The molecule has 102 valence electrons. The average molecular weight is 279 g/mol. The first-order valence-corrected chi connectivity index (χ1v) is 6.28. The third kappa shape index (κ3) is 2.23. The molecule has 0 saturated carbocycles. The quantitative estimate of drug-likeness (QED) is 0.569. The van der Waals surface area contributed by atoms with Gasteiger partial charge in [0.05, 0.1) is 0 Å². The van der Waals surface area contributed by atoms with Gasteiger partial charge in [-0.2, -0.15) is 4.98 Å². The van der Waals surface area contributed by atoms with Crippen molar-refractivity contribution in [1.82, 2.24) is 15.2 Å². The number of fused-ring (bicyclic) bond motifs is 1. The van der Waals surface area contributed by atoms with Gasteiger partial charge in [0.2, 0.25) is 12.3 Å². The number of ether oxygens (including phenoxy) is 1. The van der Waals surface area contributed by atoms with Crippen molar-refractivity contribution >= 4 is 11.1 Å². The Balaban J connectivity index is 1.59. The lowest BCUT2D eigenvalue weighted by Crippen LogP contribution is -1.84. The van der Waals surface area contributed by atoms with E-state index < -0.39 is 0 Å². The van der Waals surface area contributed by atoms with Crippen molar-refractivity contribution in [2.75, 3.05) is 0 Å². The molecule has 0 unspecified atom stereocenters. The standard InChI is InChI=1S/C15H9N3O3/c1-2-4-13-12(3-1)17-15(21-13)20-11-7-5-10(6-8-11)14-18-16-9-19-14/h1-9H. The zero-order valence-corrected chi connectivity index (χ0v) is 10.8. The monoisotopic (exact) mass is 279 g/mol. The molecule has 4 aromatic rings. The highest BCUT2D eigenvalue weighted by Crippen LogP contribution is 2.26. The number of para-hydroxylation sites is 2. The van der Waals surface area contributed by atoms with E-state index in [0.717, 1.165) is 11.1 Å². The zero-order valence-electron chi connectivity index (χ0n) is 10.8. The Morgan fingerprint density at radius 2 is 1.81 bits per heavy atom. The molecule has 0 aliphatic heterocycles. The summed E-state index contributed by atoms with van der Waals surface area (Å²) in [6, 6.07) is 14.7. The van der Waals surface area contributed by atoms with Gasteiger partial charge in [-0.1, -0.05) is 12.1 Å². The predicted molar refractivity (Wildman–Crippen MR) is 73.8 cm³/mol. The number of hydrogen-bond donors (Lipinski definition) is 0. The summed E-state index contributed by atoms with van der Waals surface area (Å²) in [5.41, 5.74) is 2.27. The third-order valence-electron chi connectivity index (χ3n) is 2.94. The number of aromatic nitrogens is 3. The highest BCUT2D eigenvalue weighted by Gasteiger charge is 2.08. The van der Waals surface area contributed by atoms with Crippen LogP contribution in [0, 0.1) is 0 Å². The Bertz CT molecular complexity index is 834. The first kappa shape index (κ1) is 11.7. The van der Waals surface area contributed by atoms with Gasteiger partial charge < -0.3 is 13.6 Å². The van der Waals surface area contributed by atoms with E-state index in [-0.39, 0.29) is 6.08 Å². The maximum Gasteiger partial charge on any atom is 0.400 e. The van der Waals surface area contributed by atoms with E-state index in [1.165, 1.54) is 6.39 Å². The van der Waals surface area contributed by atoms with Gasteiger partial charge in [-0.3, -0.25) is 0 Å². The van der Waals surface area contributed by atoms with Gasteiger partial charge in [0.1, 0.15) is 11.3 Å². The first-order valence-electron chi connectivity index (χ1n) is 6.28. The van der Waals surface area contributed by atoms with Crippen LogP contribution < -0.4 is 4.74 Å². The minimum absolute atomic E-state index is 0.210. The van der Waals surface area contributed by atoms with Crippen molar-refractivity contribution in [3.8, 4) is 23.3 Å². The van der Waals surface area contributed by atoms with Crippen LogP contribution in [-0.2, 0) is 0 Å². The maximum absolute atomic E-state index is 5.59. The van der Waals surface area contributed by atoms with Gasteiger partial charge in [-0.25, -0.2) is 0 Å². The lowest BCUT2D eigenvalue weighted by Gasteiger charge is -2.00. The van der Waals surface area contributed by atoms with Gasteiger partial charge in [-0.05, 0) is 36.4 Å². The first-order chi connectivity index (χ1) is 10.4. The van der Waals surface area contributed by atoms with Crippen LogP contribution in [0.4, 0.5) is 0 Å². The van der Waals surface area contributed by atoms with E-state index in [1.807, 2.05) is 36.4 Å². The molecule has 2 heterocycles. The predicted octanol–water partition coefficient (Wildman–Crippen LogP) is 3.67. The van der Waals surface area contributed by atoms with Crippen molar-refractivity contribution in [3.63, 3.8) is 0 Å². The van der Waals surface area contributed by atoms with E-state index in [2.05, 4.69) is 15.2 Å². The summed E-state index contributed by atoms with van der Waals surface area (Å²) in [6.07, 6.45) is 1.50. The van der Waals surface area contributed by atoms with Crippen molar-refractivity contribution in [1.29, 1.82) is 0 Å². The topological polar surface area (TPSA) is 74.2 Å². The second-order valence-corrected chi connectivity index (χ2v) is 4.32. The number of rotatable bonds is 3. The van der Waals surface area contributed by atoms with Gasteiger partial charge in [0.15, 0.2) is 5.58 Å². The molecule has 0 aliphatic carbocycles. The minimum Gasteiger partial charge on any atom is -0.423 e. The van der Waals surface area contributed by atoms with Gasteiger partial charge in [-0.15, -0.1) is 10.2 Å². The van der Waals surface area contributed by atoms with E-state index >= 15 is 0 Å². The molecule has 6 nitrogen and oxygen atoms in total. The maximum atomic E-state index is 5.59. The van der Waals surface area contributed by atoms with Crippen LogP contribution in [0.2, 0.25) is 0 Å². The van der Waals surface area contributed by atoms with Crippen LogP contribution in [0.15, 0.2) is 63.8 Å². The highest BCUT2D eigenvalue weighted by atomic mass is 16.6. The molecule has 0 radical (unpaired) electrons.